The fourth-order valence-electron chi connectivity index (χ4n) is 4.50. The van der Waals surface area contributed by atoms with Crippen molar-refractivity contribution in [2.75, 3.05) is 44.2 Å². The Morgan fingerprint density at radius 1 is 0.938 bits per heavy atom. The Labute approximate surface area is 189 Å². The topological polar surface area (TPSA) is 60.9 Å². The number of aryl methyl sites for hydroxylation is 1. The van der Waals surface area contributed by atoms with Crippen molar-refractivity contribution in [3.8, 4) is 0 Å². The quantitative estimate of drug-likeness (QED) is 0.690. The number of benzene rings is 2. The number of amides is 1. The summed E-state index contributed by atoms with van der Waals surface area (Å²) in [5.41, 5.74) is 2.45. The molecular formula is C24H30FN3O3S. The largest absolute Gasteiger partial charge is 0.366 e. The smallest absolute Gasteiger partial charge is 0.225 e. The molecule has 0 atom stereocenters. The van der Waals surface area contributed by atoms with Gasteiger partial charge < -0.3 is 9.80 Å². The molecule has 2 aliphatic rings. The van der Waals surface area contributed by atoms with E-state index < -0.39 is 10.0 Å². The second kappa shape index (κ2) is 9.58. The number of sulfonamides is 1. The van der Waals surface area contributed by atoms with E-state index in [2.05, 4.69) is 0 Å². The van der Waals surface area contributed by atoms with Gasteiger partial charge >= 0.3 is 0 Å². The highest BCUT2D eigenvalue weighted by molar-refractivity contribution is 7.88. The lowest BCUT2D eigenvalue weighted by molar-refractivity contribution is -0.137. The maximum Gasteiger partial charge on any atom is 0.225 e. The van der Waals surface area contributed by atoms with Gasteiger partial charge in [0.05, 0.1) is 11.4 Å². The van der Waals surface area contributed by atoms with Crippen LogP contribution in [-0.2, 0) is 20.6 Å². The number of anilines is 1. The minimum absolute atomic E-state index is 0.0100. The van der Waals surface area contributed by atoms with Crippen LogP contribution in [0.25, 0.3) is 0 Å². The van der Waals surface area contributed by atoms with Crippen molar-refractivity contribution in [3.05, 3.63) is 65.5 Å². The van der Waals surface area contributed by atoms with E-state index in [0.717, 1.165) is 11.1 Å². The number of para-hydroxylation sites is 1. The summed E-state index contributed by atoms with van der Waals surface area (Å²) >= 11 is 0. The lowest BCUT2D eigenvalue weighted by Gasteiger charge is -2.39. The summed E-state index contributed by atoms with van der Waals surface area (Å²) < 4.78 is 41.2. The van der Waals surface area contributed by atoms with Crippen molar-refractivity contribution in [1.29, 1.82) is 0 Å². The van der Waals surface area contributed by atoms with Crippen LogP contribution in [0.5, 0.6) is 0 Å². The zero-order valence-corrected chi connectivity index (χ0v) is 19.2. The number of halogens is 1. The van der Waals surface area contributed by atoms with E-state index in [1.54, 1.807) is 12.1 Å². The van der Waals surface area contributed by atoms with Crippen molar-refractivity contribution in [1.82, 2.24) is 9.21 Å². The van der Waals surface area contributed by atoms with E-state index >= 15 is 0 Å². The average Bonchev–Trinajstić information content (AvgIpc) is 2.80. The summed E-state index contributed by atoms with van der Waals surface area (Å²) in [6.45, 7) is 5.02. The summed E-state index contributed by atoms with van der Waals surface area (Å²) in [6.07, 6.45) is 1.08. The van der Waals surface area contributed by atoms with Gasteiger partial charge in [-0.25, -0.2) is 17.1 Å². The van der Waals surface area contributed by atoms with Crippen molar-refractivity contribution in [3.63, 3.8) is 0 Å². The number of hydrogen-bond acceptors (Lipinski definition) is 4. The number of nitrogens with zero attached hydrogens (tertiary/aromatic N) is 3. The molecule has 4 rings (SSSR count). The molecule has 2 aliphatic heterocycles. The van der Waals surface area contributed by atoms with Crippen molar-refractivity contribution < 1.29 is 17.6 Å². The third kappa shape index (κ3) is 5.13. The Morgan fingerprint density at radius 2 is 1.56 bits per heavy atom. The summed E-state index contributed by atoms with van der Waals surface area (Å²) in [4.78, 5) is 16.8. The second-order valence-electron chi connectivity index (χ2n) is 8.68. The monoisotopic (exact) mass is 459 g/mol. The minimum atomic E-state index is -3.40. The molecule has 0 saturated carbocycles. The summed E-state index contributed by atoms with van der Waals surface area (Å²) in [6, 6.07) is 14.2. The normalized spacial score (nSPS) is 18.7. The highest BCUT2D eigenvalue weighted by Crippen LogP contribution is 2.25. The third-order valence-corrected chi connectivity index (χ3v) is 8.30. The number of rotatable bonds is 5. The molecule has 0 spiro atoms. The SMILES string of the molecule is Cc1ccc(CS(=O)(=O)N2CCC(C(=O)N3CCN(c4ccccc4F)CC3)CC2)cc1. The van der Waals surface area contributed by atoms with Gasteiger partial charge in [0.25, 0.3) is 0 Å². The Balaban J connectivity index is 1.28. The molecule has 0 aromatic heterocycles. The summed E-state index contributed by atoms with van der Waals surface area (Å²) in [7, 11) is -3.40. The van der Waals surface area contributed by atoms with E-state index in [1.165, 1.54) is 10.4 Å². The molecule has 2 saturated heterocycles. The summed E-state index contributed by atoms with van der Waals surface area (Å²) in [5, 5.41) is 0. The van der Waals surface area contributed by atoms with Crippen LogP contribution in [-0.4, -0.2) is 62.8 Å². The second-order valence-corrected chi connectivity index (χ2v) is 10.6. The molecular weight excluding hydrogens is 429 g/mol. The van der Waals surface area contributed by atoms with Crippen molar-refractivity contribution >= 4 is 21.6 Å². The fourth-order valence-corrected chi connectivity index (χ4v) is 6.06. The highest BCUT2D eigenvalue weighted by Gasteiger charge is 2.34. The number of hydrogen-bond donors (Lipinski definition) is 0. The van der Waals surface area contributed by atoms with Gasteiger partial charge in [-0.2, -0.15) is 0 Å². The van der Waals surface area contributed by atoms with Gasteiger partial charge in [0.1, 0.15) is 5.82 Å². The lowest BCUT2D eigenvalue weighted by Crippen LogP contribution is -2.52. The Morgan fingerprint density at radius 3 is 2.19 bits per heavy atom. The van der Waals surface area contributed by atoms with Crippen molar-refractivity contribution in [2.45, 2.75) is 25.5 Å². The van der Waals surface area contributed by atoms with Crippen molar-refractivity contribution in [2.24, 2.45) is 5.92 Å². The molecule has 0 bridgehead atoms. The molecule has 0 unspecified atom stereocenters. The van der Waals surface area contributed by atoms with Gasteiger partial charge in [0.15, 0.2) is 0 Å². The third-order valence-electron chi connectivity index (χ3n) is 6.45. The Bertz CT molecular complexity index is 1040. The zero-order valence-electron chi connectivity index (χ0n) is 18.4. The molecule has 2 aromatic carbocycles. The molecule has 1 amide bonds. The minimum Gasteiger partial charge on any atom is -0.366 e. The number of piperidine rings is 1. The van der Waals surface area contributed by atoms with Gasteiger partial charge in [-0.1, -0.05) is 42.0 Å². The first kappa shape index (κ1) is 22.7. The molecule has 2 heterocycles. The van der Waals surface area contributed by atoms with Crippen LogP contribution < -0.4 is 4.90 Å². The first-order valence-corrected chi connectivity index (χ1v) is 12.8. The van der Waals surface area contributed by atoms with Gasteiger partial charge in [-0.3, -0.25) is 4.79 Å². The standard InChI is InChI=1S/C24H30FN3O3S/c1-19-6-8-20(9-7-19)18-32(30,31)28-12-10-21(11-13-28)24(29)27-16-14-26(15-17-27)23-5-3-2-4-22(23)25/h2-9,21H,10-18H2,1H3. The average molecular weight is 460 g/mol. The van der Waals surface area contributed by atoms with Crippen LogP contribution in [0.3, 0.4) is 0 Å². The molecule has 0 aliphatic carbocycles. The zero-order chi connectivity index (χ0) is 22.7. The first-order chi connectivity index (χ1) is 15.3. The van der Waals surface area contributed by atoms with E-state index in [9.17, 15) is 17.6 Å². The van der Waals surface area contributed by atoms with Gasteiger partial charge in [0.2, 0.25) is 15.9 Å². The Kier molecular flexibility index (Phi) is 6.81. The van der Waals surface area contributed by atoms with Crippen LogP contribution in [0.15, 0.2) is 48.5 Å². The molecule has 6 nitrogen and oxygen atoms in total. The molecule has 172 valence electrons. The van der Waals surface area contributed by atoms with Crippen LogP contribution in [0.4, 0.5) is 10.1 Å². The number of carbonyl (C=O) groups excluding carboxylic acids is 1. The predicted octanol–water partition coefficient (Wildman–Crippen LogP) is 3.02. The first-order valence-electron chi connectivity index (χ1n) is 11.1. The molecule has 0 N–H and O–H groups in total. The number of carbonyl (C=O) groups is 1. The van der Waals surface area contributed by atoms with E-state index in [0.29, 0.717) is 57.8 Å². The van der Waals surface area contributed by atoms with Crippen LogP contribution in [0.1, 0.15) is 24.0 Å². The Hall–Kier alpha value is -2.45. The van der Waals surface area contributed by atoms with Crippen LogP contribution in [0.2, 0.25) is 0 Å². The molecule has 2 fully saturated rings. The summed E-state index contributed by atoms with van der Waals surface area (Å²) in [5.74, 6) is -0.315. The maximum atomic E-state index is 14.0. The molecule has 2 aromatic rings. The molecule has 8 heteroatoms. The van der Waals surface area contributed by atoms with Gasteiger partial charge in [-0.05, 0) is 37.5 Å². The molecule has 32 heavy (non-hydrogen) atoms. The highest BCUT2D eigenvalue weighted by atomic mass is 32.2. The van der Waals surface area contributed by atoms with E-state index in [-0.39, 0.29) is 23.4 Å². The van der Waals surface area contributed by atoms with E-state index in [4.69, 9.17) is 0 Å². The van der Waals surface area contributed by atoms with Gasteiger partial charge in [0, 0.05) is 45.2 Å². The number of piperazine rings is 1. The molecule has 0 radical (unpaired) electrons. The van der Waals surface area contributed by atoms with Gasteiger partial charge in [-0.15, -0.1) is 0 Å². The maximum absolute atomic E-state index is 14.0. The lowest BCUT2D eigenvalue weighted by atomic mass is 9.96. The van der Waals surface area contributed by atoms with E-state index in [1.807, 2.05) is 47.1 Å². The van der Waals surface area contributed by atoms with Crippen LogP contribution >= 0.6 is 0 Å². The van der Waals surface area contributed by atoms with Crippen LogP contribution in [0, 0.1) is 18.7 Å². The predicted molar refractivity (Wildman–Crippen MR) is 123 cm³/mol. The fraction of sp³-hybridized carbons (Fsp3) is 0.458.